The van der Waals surface area contributed by atoms with E-state index in [1.165, 1.54) is 27.6 Å². The van der Waals surface area contributed by atoms with Gasteiger partial charge in [0, 0.05) is 16.6 Å². The summed E-state index contributed by atoms with van der Waals surface area (Å²) in [6, 6.07) is 4.42. The van der Waals surface area contributed by atoms with Gasteiger partial charge in [-0.1, -0.05) is 11.6 Å². The Labute approximate surface area is 95.3 Å². The van der Waals surface area contributed by atoms with Crippen molar-refractivity contribution in [3.05, 3.63) is 34.5 Å². The Morgan fingerprint density at radius 1 is 1.31 bits per heavy atom. The molecule has 84 valence electrons. The summed E-state index contributed by atoms with van der Waals surface area (Å²) < 4.78 is 0. The molecule has 0 saturated heterocycles. The molecule has 0 spiro atoms. The molecule has 2 N–H and O–H groups in total. The predicted molar refractivity (Wildman–Crippen MR) is 65.7 cm³/mol. The minimum absolute atomic E-state index is 0.296. The number of H-pyrrole nitrogens is 1. The molecule has 2 nitrogen and oxygen atoms in total. The number of fused-ring (bicyclic) bond motifs is 3. The zero-order valence-corrected chi connectivity index (χ0v) is 9.80. The zero-order valence-electron chi connectivity index (χ0n) is 9.80. The average Bonchev–Trinajstić information content (AvgIpc) is 2.59. The highest BCUT2D eigenvalue weighted by Gasteiger charge is 2.22. The smallest absolute Gasteiger partial charge is 0.0941 e. The molecule has 1 aromatic heterocycles. The first kappa shape index (κ1) is 9.91. The van der Waals surface area contributed by atoms with Gasteiger partial charge in [-0.15, -0.1) is 0 Å². The number of aromatic nitrogens is 1. The van der Waals surface area contributed by atoms with Gasteiger partial charge in [-0.3, -0.25) is 0 Å². The number of rotatable bonds is 0. The summed E-state index contributed by atoms with van der Waals surface area (Å²) in [5.74, 6) is 0. The minimum Gasteiger partial charge on any atom is -0.387 e. The summed E-state index contributed by atoms with van der Waals surface area (Å²) in [5.41, 5.74) is 6.16. The lowest BCUT2D eigenvalue weighted by atomic mass is 9.93. The normalized spacial score (nSPS) is 20.1. The molecule has 1 aromatic carbocycles. The van der Waals surface area contributed by atoms with Crippen LogP contribution >= 0.6 is 0 Å². The fraction of sp³-hybridized carbons (Fsp3) is 0.429. The summed E-state index contributed by atoms with van der Waals surface area (Å²) in [4.78, 5) is 3.41. The van der Waals surface area contributed by atoms with Crippen molar-refractivity contribution < 1.29 is 5.11 Å². The molecule has 1 aliphatic rings. The quantitative estimate of drug-likeness (QED) is 0.695. The van der Waals surface area contributed by atoms with E-state index >= 15 is 0 Å². The third-order valence-electron chi connectivity index (χ3n) is 3.63. The van der Waals surface area contributed by atoms with Gasteiger partial charge in [-0.05, 0) is 50.3 Å². The van der Waals surface area contributed by atoms with E-state index in [9.17, 15) is 5.11 Å². The van der Waals surface area contributed by atoms with Crippen LogP contribution in [-0.4, -0.2) is 10.1 Å². The zero-order chi connectivity index (χ0) is 11.3. The van der Waals surface area contributed by atoms with E-state index < -0.39 is 0 Å². The number of hydrogen-bond donors (Lipinski definition) is 2. The van der Waals surface area contributed by atoms with Crippen molar-refractivity contribution in [3.63, 3.8) is 0 Å². The number of aliphatic hydroxyl groups is 1. The molecule has 3 rings (SSSR count). The van der Waals surface area contributed by atoms with Crippen LogP contribution in [0.4, 0.5) is 0 Å². The standard InChI is InChI=1S/C14H17NO/c1-8-6-9(2)13-11(7-8)10-4-3-5-12(16)14(10)15-13/h6-7,12,15-16H,3-5H2,1-2H3. The predicted octanol–water partition coefficient (Wildman–Crippen LogP) is 3.15. The van der Waals surface area contributed by atoms with Gasteiger partial charge in [0.2, 0.25) is 0 Å². The lowest BCUT2D eigenvalue weighted by Crippen LogP contribution is -2.07. The maximum absolute atomic E-state index is 9.99. The number of aromatic amines is 1. The van der Waals surface area contributed by atoms with Gasteiger partial charge in [0.1, 0.15) is 0 Å². The maximum atomic E-state index is 9.99. The molecule has 2 heteroatoms. The highest BCUT2D eigenvalue weighted by atomic mass is 16.3. The fourth-order valence-corrected chi connectivity index (χ4v) is 2.90. The summed E-state index contributed by atoms with van der Waals surface area (Å²) >= 11 is 0. The van der Waals surface area contributed by atoms with Gasteiger partial charge in [-0.25, -0.2) is 0 Å². The van der Waals surface area contributed by atoms with Crippen molar-refractivity contribution in [3.8, 4) is 0 Å². The van der Waals surface area contributed by atoms with Crippen molar-refractivity contribution in [1.29, 1.82) is 0 Å². The molecule has 16 heavy (non-hydrogen) atoms. The second kappa shape index (κ2) is 3.36. The molecule has 0 saturated carbocycles. The Morgan fingerprint density at radius 2 is 2.12 bits per heavy atom. The molecule has 0 bridgehead atoms. The van der Waals surface area contributed by atoms with Crippen LogP contribution in [0.2, 0.25) is 0 Å². The van der Waals surface area contributed by atoms with Crippen LogP contribution in [0, 0.1) is 13.8 Å². The topological polar surface area (TPSA) is 36.0 Å². The van der Waals surface area contributed by atoms with E-state index in [1.54, 1.807) is 0 Å². The summed E-state index contributed by atoms with van der Waals surface area (Å²) in [5, 5.41) is 11.3. The number of aliphatic hydroxyl groups excluding tert-OH is 1. The van der Waals surface area contributed by atoms with Crippen LogP contribution in [0.15, 0.2) is 12.1 Å². The van der Waals surface area contributed by atoms with E-state index in [0.717, 1.165) is 25.0 Å². The molecule has 0 fully saturated rings. The molecular weight excluding hydrogens is 198 g/mol. The third-order valence-corrected chi connectivity index (χ3v) is 3.63. The molecular formula is C14H17NO. The van der Waals surface area contributed by atoms with Crippen LogP contribution in [0.3, 0.4) is 0 Å². The number of hydrogen-bond acceptors (Lipinski definition) is 1. The molecule has 2 aromatic rings. The SMILES string of the molecule is Cc1cc(C)c2[nH]c3c(c2c1)CCCC3O. The first-order valence-corrected chi connectivity index (χ1v) is 5.96. The number of nitrogens with one attached hydrogen (secondary N) is 1. The largest absolute Gasteiger partial charge is 0.387 e. The second-order valence-corrected chi connectivity index (χ2v) is 4.93. The van der Waals surface area contributed by atoms with Gasteiger partial charge in [0.15, 0.2) is 0 Å². The Bertz CT molecular complexity index is 553. The summed E-state index contributed by atoms with van der Waals surface area (Å²) in [7, 11) is 0. The highest BCUT2D eigenvalue weighted by Crippen LogP contribution is 2.35. The maximum Gasteiger partial charge on any atom is 0.0941 e. The minimum atomic E-state index is -0.296. The molecule has 0 radical (unpaired) electrons. The Balaban J connectivity index is 2.36. The van der Waals surface area contributed by atoms with Crippen molar-refractivity contribution in [2.45, 2.75) is 39.2 Å². The fourth-order valence-electron chi connectivity index (χ4n) is 2.90. The van der Waals surface area contributed by atoms with Gasteiger partial charge >= 0.3 is 0 Å². The molecule has 1 atom stereocenters. The Kier molecular flexibility index (Phi) is 2.08. The summed E-state index contributed by atoms with van der Waals surface area (Å²) in [6.45, 7) is 4.26. The van der Waals surface area contributed by atoms with Crippen LogP contribution in [0.5, 0.6) is 0 Å². The molecule has 0 amide bonds. The number of aryl methyl sites for hydroxylation is 3. The van der Waals surface area contributed by atoms with E-state index in [2.05, 4.69) is 31.0 Å². The first-order valence-electron chi connectivity index (χ1n) is 5.96. The monoisotopic (exact) mass is 215 g/mol. The van der Waals surface area contributed by atoms with Crippen molar-refractivity contribution in [2.24, 2.45) is 0 Å². The molecule has 0 aliphatic heterocycles. The van der Waals surface area contributed by atoms with Gasteiger partial charge in [-0.2, -0.15) is 0 Å². The van der Waals surface area contributed by atoms with E-state index in [0.29, 0.717) is 0 Å². The third kappa shape index (κ3) is 1.30. The Morgan fingerprint density at radius 3 is 2.94 bits per heavy atom. The van der Waals surface area contributed by atoms with Crippen LogP contribution < -0.4 is 0 Å². The molecule has 1 unspecified atom stereocenters. The average molecular weight is 215 g/mol. The van der Waals surface area contributed by atoms with Crippen LogP contribution in [-0.2, 0) is 6.42 Å². The van der Waals surface area contributed by atoms with Crippen LogP contribution in [0.1, 0.15) is 41.3 Å². The van der Waals surface area contributed by atoms with Crippen LogP contribution in [0.25, 0.3) is 10.9 Å². The van der Waals surface area contributed by atoms with Gasteiger partial charge < -0.3 is 10.1 Å². The molecule has 1 aliphatic carbocycles. The van der Waals surface area contributed by atoms with E-state index in [4.69, 9.17) is 0 Å². The van der Waals surface area contributed by atoms with Gasteiger partial charge in [0.05, 0.1) is 6.10 Å². The number of benzene rings is 1. The van der Waals surface area contributed by atoms with Gasteiger partial charge in [0.25, 0.3) is 0 Å². The van der Waals surface area contributed by atoms with Crippen molar-refractivity contribution >= 4 is 10.9 Å². The molecule has 1 heterocycles. The second-order valence-electron chi connectivity index (χ2n) is 4.93. The van der Waals surface area contributed by atoms with Crippen molar-refractivity contribution in [2.75, 3.05) is 0 Å². The van der Waals surface area contributed by atoms with E-state index in [-0.39, 0.29) is 6.10 Å². The Hall–Kier alpha value is -1.28. The lowest BCUT2D eigenvalue weighted by Gasteiger charge is -2.17. The first-order chi connectivity index (χ1) is 7.66. The highest BCUT2D eigenvalue weighted by molar-refractivity contribution is 5.88. The summed E-state index contributed by atoms with van der Waals surface area (Å²) in [6.07, 6.45) is 2.78. The lowest BCUT2D eigenvalue weighted by molar-refractivity contribution is 0.153. The van der Waals surface area contributed by atoms with Crippen molar-refractivity contribution in [1.82, 2.24) is 4.98 Å². The van der Waals surface area contributed by atoms with E-state index in [1.807, 2.05) is 0 Å².